The molecule has 30 heavy (non-hydrogen) atoms. The normalized spacial score (nSPS) is 16.1. The van der Waals surface area contributed by atoms with E-state index in [2.05, 4.69) is 10.1 Å². The average Bonchev–Trinajstić information content (AvgIpc) is 3.46. The number of halogens is 1. The van der Waals surface area contributed by atoms with Crippen LogP contribution in [-0.4, -0.2) is 44.7 Å². The Morgan fingerprint density at radius 2 is 2.13 bits per heavy atom. The van der Waals surface area contributed by atoms with Crippen LogP contribution >= 0.6 is 22.9 Å². The second-order valence-corrected chi connectivity index (χ2v) is 8.56. The van der Waals surface area contributed by atoms with E-state index in [1.165, 1.54) is 0 Å². The van der Waals surface area contributed by atoms with Gasteiger partial charge < -0.3 is 9.64 Å². The van der Waals surface area contributed by atoms with E-state index in [1.54, 1.807) is 33.1 Å². The summed E-state index contributed by atoms with van der Waals surface area (Å²) in [6.07, 6.45) is 1.85. The van der Waals surface area contributed by atoms with Crippen LogP contribution in [0.25, 0.3) is 5.82 Å². The van der Waals surface area contributed by atoms with Crippen molar-refractivity contribution in [3.8, 4) is 5.82 Å². The molecule has 3 aromatic rings. The molecule has 1 aliphatic heterocycles. The molecule has 9 heteroatoms. The monoisotopic (exact) mass is 444 g/mol. The van der Waals surface area contributed by atoms with E-state index < -0.39 is 5.97 Å². The van der Waals surface area contributed by atoms with Gasteiger partial charge in [-0.05, 0) is 56.3 Å². The van der Waals surface area contributed by atoms with Crippen LogP contribution in [0, 0.1) is 13.8 Å². The molecule has 0 aliphatic carbocycles. The number of ether oxygens (including phenoxy) is 1. The highest BCUT2D eigenvalue weighted by atomic mass is 35.5. The maximum absolute atomic E-state index is 12.7. The molecule has 1 saturated heterocycles. The van der Waals surface area contributed by atoms with Gasteiger partial charge in [-0.25, -0.2) is 14.5 Å². The van der Waals surface area contributed by atoms with Crippen LogP contribution in [0.4, 0.5) is 0 Å². The second kappa shape index (κ2) is 8.57. The third-order valence-electron chi connectivity index (χ3n) is 5.02. The average molecular weight is 445 g/mol. The molecule has 1 amide bonds. The van der Waals surface area contributed by atoms with E-state index in [-0.39, 0.29) is 29.3 Å². The molecular weight excluding hydrogens is 424 g/mol. The number of esters is 1. The molecule has 1 unspecified atom stereocenters. The van der Waals surface area contributed by atoms with Gasteiger partial charge >= 0.3 is 5.97 Å². The Hall–Kier alpha value is -2.71. The molecule has 0 spiro atoms. The van der Waals surface area contributed by atoms with Crippen LogP contribution in [0.1, 0.15) is 45.6 Å². The summed E-state index contributed by atoms with van der Waals surface area (Å²) in [5, 5.41) is 6.53. The fourth-order valence-corrected chi connectivity index (χ4v) is 4.73. The van der Waals surface area contributed by atoms with Crippen LogP contribution in [0.3, 0.4) is 0 Å². The van der Waals surface area contributed by atoms with Gasteiger partial charge in [-0.3, -0.25) is 4.79 Å². The largest absolute Gasteiger partial charge is 0.451 e. The van der Waals surface area contributed by atoms with Crippen molar-refractivity contribution in [1.82, 2.24) is 19.7 Å². The molecule has 1 atom stereocenters. The van der Waals surface area contributed by atoms with Crippen molar-refractivity contribution >= 4 is 34.8 Å². The minimum absolute atomic E-state index is 0.0363. The number of hydrogen-bond acceptors (Lipinski definition) is 6. The van der Waals surface area contributed by atoms with Crippen LogP contribution in [-0.2, 0) is 9.53 Å². The van der Waals surface area contributed by atoms with Gasteiger partial charge in [0.15, 0.2) is 18.1 Å². The zero-order valence-electron chi connectivity index (χ0n) is 16.7. The Labute approximate surface area is 183 Å². The molecule has 0 aromatic carbocycles. The highest BCUT2D eigenvalue weighted by Crippen LogP contribution is 2.34. The van der Waals surface area contributed by atoms with E-state index >= 15 is 0 Å². The van der Waals surface area contributed by atoms with E-state index in [1.807, 2.05) is 37.4 Å². The van der Waals surface area contributed by atoms with Gasteiger partial charge in [0.25, 0.3) is 5.91 Å². The first-order valence-corrected chi connectivity index (χ1v) is 10.9. The number of amides is 1. The molecule has 0 bridgehead atoms. The minimum atomic E-state index is -0.733. The fraction of sp³-hybridized carbons (Fsp3) is 0.333. The van der Waals surface area contributed by atoms with Crippen molar-refractivity contribution in [3.63, 3.8) is 0 Å². The highest BCUT2D eigenvalue weighted by molar-refractivity contribution is 7.10. The lowest BCUT2D eigenvalue weighted by Gasteiger charge is -2.23. The molecular formula is C21H21ClN4O3S. The van der Waals surface area contributed by atoms with E-state index in [0.717, 1.165) is 29.1 Å². The smallest absolute Gasteiger partial charge is 0.359 e. The number of likely N-dealkylation sites (tertiary alicyclic amines) is 1. The van der Waals surface area contributed by atoms with E-state index in [9.17, 15) is 9.59 Å². The zero-order chi connectivity index (χ0) is 21.3. The van der Waals surface area contributed by atoms with Gasteiger partial charge in [0.05, 0.1) is 16.8 Å². The molecule has 1 aliphatic rings. The number of thiophene rings is 1. The molecule has 0 saturated carbocycles. The summed E-state index contributed by atoms with van der Waals surface area (Å²) in [5.41, 5.74) is 1.68. The summed E-state index contributed by atoms with van der Waals surface area (Å²) < 4.78 is 6.90. The van der Waals surface area contributed by atoms with E-state index in [0.29, 0.717) is 12.4 Å². The summed E-state index contributed by atoms with van der Waals surface area (Å²) in [6, 6.07) is 9.22. The maximum atomic E-state index is 12.7. The maximum Gasteiger partial charge on any atom is 0.359 e. The standard InChI is InChI=1S/C21H21ClN4O3S/c1-13-11-14(2)26(24-13)18-8-7-15(22)20(23-18)21(28)29-12-19(27)25-9-3-5-16(25)17-6-4-10-30-17/h4,6-8,10-11,16H,3,5,9,12H2,1-2H3. The summed E-state index contributed by atoms with van der Waals surface area (Å²) in [5.74, 6) is -0.491. The molecule has 3 aromatic heterocycles. The number of aromatic nitrogens is 3. The van der Waals surface area contributed by atoms with Crippen LogP contribution in [0.15, 0.2) is 35.7 Å². The molecule has 0 radical (unpaired) electrons. The number of aryl methyl sites for hydroxylation is 2. The first-order valence-electron chi connectivity index (χ1n) is 9.64. The topological polar surface area (TPSA) is 77.3 Å². The number of rotatable bonds is 5. The second-order valence-electron chi connectivity index (χ2n) is 7.18. The van der Waals surface area contributed by atoms with Crippen LogP contribution in [0.2, 0.25) is 5.02 Å². The Kier molecular flexibility index (Phi) is 5.87. The summed E-state index contributed by atoms with van der Waals surface area (Å²) in [6.45, 7) is 4.09. The Morgan fingerprint density at radius 1 is 1.30 bits per heavy atom. The molecule has 156 valence electrons. The molecule has 7 nitrogen and oxygen atoms in total. The lowest BCUT2D eigenvalue weighted by Crippen LogP contribution is -2.34. The summed E-state index contributed by atoms with van der Waals surface area (Å²) in [7, 11) is 0. The van der Waals surface area contributed by atoms with Crippen molar-refractivity contribution in [1.29, 1.82) is 0 Å². The molecule has 4 rings (SSSR count). The molecule has 4 heterocycles. The Bertz CT molecular complexity index is 1080. The predicted molar refractivity (Wildman–Crippen MR) is 114 cm³/mol. The number of hydrogen-bond donors (Lipinski definition) is 0. The fourth-order valence-electron chi connectivity index (χ4n) is 3.67. The summed E-state index contributed by atoms with van der Waals surface area (Å²) in [4.78, 5) is 32.5. The molecule has 1 fully saturated rings. The number of nitrogens with zero attached hydrogens (tertiary/aromatic N) is 4. The molecule has 0 N–H and O–H groups in total. The van der Waals surface area contributed by atoms with E-state index in [4.69, 9.17) is 16.3 Å². The lowest BCUT2D eigenvalue weighted by atomic mass is 10.2. The van der Waals surface area contributed by atoms with Crippen molar-refractivity contribution in [2.24, 2.45) is 0 Å². The van der Waals surface area contributed by atoms with Crippen LogP contribution < -0.4 is 0 Å². The van der Waals surface area contributed by atoms with Gasteiger partial charge in [0, 0.05) is 17.1 Å². The quantitative estimate of drug-likeness (QED) is 0.553. The van der Waals surface area contributed by atoms with Gasteiger partial charge in [-0.1, -0.05) is 17.7 Å². The third kappa shape index (κ3) is 4.11. The van der Waals surface area contributed by atoms with Gasteiger partial charge in [-0.15, -0.1) is 11.3 Å². The highest BCUT2D eigenvalue weighted by Gasteiger charge is 2.31. The van der Waals surface area contributed by atoms with Gasteiger partial charge in [-0.2, -0.15) is 5.10 Å². The summed E-state index contributed by atoms with van der Waals surface area (Å²) >= 11 is 7.80. The number of carbonyl (C=O) groups excluding carboxylic acids is 2. The number of pyridine rings is 1. The third-order valence-corrected chi connectivity index (χ3v) is 6.30. The van der Waals surface area contributed by atoms with Crippen LogP contribution in [0.5, 0.6) is 0 Å². The Balaban J connectivity index is 1.46. The Morgan fingerprint density at radius 3 is 2.83 bits per heavy atom. The first-order chi connectivity index (χ1) is 14.4. The SMILES string of the molecule is Cc1cc(C)n(-c2ccc(Cl)c(C(=O)OCC(=O)N3CCCC3c3cccs3)n2)n1. The van der Waals surface area contributed by atoms with Crippen molar-refractivity contribution in [2.75, 3.05) is 13.2 Å². The van der Waals surface area contributed by atoms with Gasteiger partial charge in [0.2, 0.25) is 0 Å². The van der Waals surface area contributed by atoms with Crippen molar-refractivity contribution in [2.45, 2.75) is 32.7 Å². The zero-order valence-corrected chi connectivity index (χ0v) is 18.2. The lowest BCUT2D eigenvalue weighted by molar-refractivity contribution is -0.135. The minimum Gasteiger partial charge on any atom is -0.451 e. The van der Waals surface area contributed by atoms with Gasteiger partial charge in [0.1, 0.15) is 0 Å². The van der Waals surface area contributed by atoms with Crippen molar-refractivity contribution < 1.29 is 14.3 Å². The van der Waals surface area contributed by atoms with Crippen molar-refractivity contribution in [3.05, 3.63) is 62.7 Å². The number of carbonyl (C=O) groups is 2. The first kappa shape index (κ1) is 20.6. The predicted octanol–water partition coefficient (Wildman–Crippen LogP) is 4.12.